The van der Waals surface area contributed by atoms with Crippen LogP contribution in [0.15, 0.2) is 51.4 Å². The molecule has 0 bridgehead atoms. The second kappa shape index (κ2) is 9.63. The van der Waals surface area contributed by atoms with Gasteiger partial charge in [-0.2, -0.15) is 0 Å². The molecule has 140 valence electrons. The molecule has 0 saturated carbocycles. The summed E-state index contributed by atoms with van der Waals surface area (Å²) < 4.78 is 6.90. The number of rotatable bonds is 5. The van der Waals surface area contributed by atoms with Crippen molar-refractivity contribution in [1.82, 2.24) is 5.32 Å². The first kappa shape index (κ1) is 21.1. The smallest absolute Gasteiger partial charge is 0.335 e. The first-order valence-corrected chi connectivity index (χ1v) is 9.46. The number of amides is 1. The summed E-state index contributed by atoms with van der Waals surface area (Å²) in [6, 6.07) is 9.64. The number of ether oxygens (including phenoxy) is 1. The zero-order chi connectivity index (χ0) is 20.0. The van der Waals surface area contributed by atoms with Crippen molar-refractivity contribution in [2.75, 3.05) is 12.4 Å². The quantitative estimate of drug-likeness (QED) is 0.404. The van der Waals surface area contributed by atoms with Gasteiger partial charge in [0.15, 0.2) is 5.11 Å². The van der Waals surface area contributed by atoms with Crippen molar-refractivity contribution < 1.29 is 19.4 Å². The van der Waals surface area contributed by atoms with Crippen molar-refractivity contribution in [1.29, 1.82) is 0 Å². The lowest BCUT2D eigenvalue weighted by Gasteiger charge is -2.09. The summed E-state index contributed by atoms with van der Waals surface area (Å²) in [5.41, 5.74) is 1.43. The molecule has 2 rings (SSSR count). The van der Waals surface area contributed by atoms with Crippen LogP contribution in [0.1, 0.15) is 15.9 Å². The zero-order valence-corrected chi connectivity index (χ0v) is 17.9. The number of carboxylic acids is 1. The maximum Gasteiger partial charge on any atom is 0.335 e. The Morgan fingerprint density at radius 2 is 1.85 bits per heavy atom. The number of carbonyl (C=O) groups is 2. The molecule has 2 aromatic rings. The van der Waals surface area contributed by atoms with E-state index in [1.807, 2.05) is 12.1 Å². The maximum absolute atomic E-state index is 12.1. The van der Waals surface area contributed by atoms with Crippen LogP contribution < -0.4 is 15.4 Å². The first-order valence-electron chi connectivity index (χ1n) is 7.46. The molecule has 0 spiro atoms. The molecule has 0 atom stereocenters. The number of carboxylic acid groups (broad SMARTS) is 1. The van der Waals surface area contributed by atoms with Gasteiger partial charge in [0.2, 0.25) is 5.91 Å². The van der Waals surface area contributed by atoms with Gasteiger partial charge in [-0.25, -0.2) is 4.79 Å². The summed E-state index contributed by atoms with van der Waals surface area (Å²) in [7, 11) is 1.54. The lowest BCUT2D eigenvalue weighted by molar-refractivity contribution is -0.115. The average Bonchev–Trinajstić information content (AvgIpc) is 2.60. The number of hydrogen-bond acceptors (Lipinski definition) is 4. The molecular weight excluding hydrogens is 500 g/mol. The maximum atomic E-state index is 12.1. The zero-order valence-electron chi connectivity index (χ0n) is 14.0. The van der Waals surface area contributed by atoms with Crippen molar-refractivity contribution >= 4 is 72.8 Å². The SMILES string of the molecule is COc1c(Br)cc(Br)cc1/C=C/C(=O)NC(=S)Nc1ccc(C(=O)O)cc1. The Balaban J connectivity index is 2.00. The molecule has 0 aliphatic heterocycles. The number of methoxy groups -OCH3 is 1. The van der Waals surface area contributed by atoms with E-state index in [0.29, 0.717) is 17.0 Å². The molecule has 9 heteroatoms. The summed E-state index contributed by atoms with van der Waals surface area (Å²) in [6.07, 6.45) is 2.94. The number of halogens is 2. The van der Waals surface area contributed by atoms with Gasteiger partial charge in [-0.15, -0.1) is 0 Å². The highest BCUT2D eigenvalue weighted by atomic mass is 79.9. The van der Waals surface area contributed by atoms with E-state index in [2.05, 4.69) is 42.5 Å². The minimum Gasteiger partial charge on any atom is -0.495 e. The predicted octanol–water partition coefficient (Wildman–Crippen LogP) is 4.44. The third-order valence-electron chi connectivity index (χ3n) is 3.28. The van der Waals surface area contributed by atoms with Crippen LogP contribution >= 0.6 is 44.1 Å². The Hall–Kier alpha value is -2.23. The molecule has 0 aliphatic rings. The average molecular weight is 514 g/mol. The summed E-state index contributed by atoms with van der Waals surface area (Å²) in [4.78, 5) is 22.9. The van der Waals surface area contributed by atoms with Crippen molar-refractivity contribution in [2.45, 2.75) is 0 Å². The third kappa shape index (κ3) is 6.16. The van der Waals surface area contributed by atoms with Crippen molar-refractivity contribution in [3.05, 3.63) is 62.5 Å². The van der Waals surface area contributed by atoms with Gasteiger partial charge in [0.1, 0.15) is 5.75 Å². The largest absolute Gasteiger partial charge is 0.495 e. The van der Waals surface area contributed by atoms with Crippen LogP contribution in [0.3, 0.4) is 0 Å². The molecule has 0 aromatic heterocycles. The van der Waals surface area contributed by atoms with Gasteiger partial charge < -0.3 is 15.2 Å². The molecule has 2 aromatic carbocycles. The van der Waals surface area contributed by atoms with Gasteiger partial charge in [-0.3, -0.25) is 10.1 Å². The number of nitrogens with one attached hydrogen (secondary N) is 2. The number of benzene rings is 2. The van der Waals surface area contributed by atoms with Crippen LogP contribution in [-0.4, -0.2) is 29.2 Å². The summed E-state index contributed by atoms with van der Waals surface area (Å²) in [5, 5.41) is 14.3. The Morgan fingerprint density at radius 1 is 1.19 bits per heavy atom. The summed E-state index contributed by atoms with van der Waals surface area (Å²) >= 11 is 11.9. The van der Waals surface area contributed by atoms with E-state index in [0.717, 1.165) is 8.95 Å². The van der Waals surface area contributed by atoms with Crippen LogP contribution in [0.25, 0.3) is 6.08 Å². The van der Waals surface area contributed by atoms with Gasteiger partial charge in [-0.1, -0.05) is 15.9 Å². The molecule has 0 unspecified atom stereocenters. The fourth-order valence-electron chi connectivity index (χ4n) is 2.10. The Kier molecular flexibility index (Phi) is 7.52. The van der Waals surface area contributed by atoms with E-state index in [-0.39, 0.29) is 10.7 Å². The van der Waals surface area contributed by atoms with E-state index < -0.39 is 11.9 Å². The molecule has 1 amide bonds. The van der Waals surface area contributed by atoms with Crippen LogP contribution in [-0.2, 0) is 4.79 Å². The van der Waals surface area contributed by atoms with Crippen LogP contribution in [0, 0.1) is 0 Å². The van der Waals surface area contributed by atoms with Crippen LogP contribution in [0.5, 0.6) is 5.75 Å². The highest BCUT2D eigenvalue weighted by Crippen LogP contribution is 2.33. The molecule has 27 heavy (non-hydrogen) atoms. The second-order valence-electron chi connectivity index (χ2n) is 5.17. The fourth-order valence-corrected chi connectivity index (χ4v) is 3.74. The number of carbonyl (C=O) groups excluding carboxylic acids is 1. The molecule has 6 nitrogen and oxygen atoms in total. The predicted molar refractivity (Wildman–Crippen MR) is 115 cm³/mol. The monoisotopic (exact) mass is 512 g/mol. The second-order valence-corrected chi connectivity index (χ2v) is 7.35. The number of anilines is 1. The Bertz CT molecular complexity index is 914. The van der Waals surface area contributed by atoms with Crippen LogP contribution in [0.2, 0.25) is 0 Å². The van der Waals surface area contributed by atoms with E-state index >= 15 is 0 Å². The van der Waals surface area contributed by atoms with E-state index in [1.54, 1.807) is 25.3 Å². The van der Waals surface area contributed by atoms with Gasteiger partial charge in [-0.05, 0) is 70.6 Å². The highest BCUT2D eigenvalue weighted by Gasteiger charge is 2.08. The minimum absolute atomic E-state index is 0.0927. The van der Waals surface area contributed by atoms with Gasteiger partial charge in [0, 0.05) is 21.8 Å². The topological polar surface area (TPSA) is 87.7 Å². The lowest BCUT2D eigenvalue weighted by Crippen LogP contribution is -2.32. The minimum atomic E-state index is -1.02. The Labute approximate surface area is 177 Å². The first-order chi connectivity index (χ1) is 12.8. The van der Waals surface area contributed by atoms with E-state index in [1.165, 1.54) is 18.2 Å². The van der Waals surface area contributed by atoms with E-state index in [4.69, 9.17) is 22.1 Å². The molecular formula is C18H14Br2N2O4S. The lowest BCUT2D eigenvalue weighted by atomic mass is 10.2. The fraction of sp³-hybridized carbons (Fsp3) is 0.0556. The normalized spacial score (nSPS) is 10.5. The van der Waals surface area contributed by atoms with Gasteiger partial charge in [0.05, 0.1) is 17.1 Å². The van der Waals surface area contributed by atoms with Crippen LogP contribution in [0.4, 0.5) is 5.69 Å². The number of aromatic carboxylic acids is 1. The number of hydrogen-bond donors (Lipinski definition) is 3. The Morgan fingerprint density at radius 3 is 2.44 bits per heavy atom. The number of thiocarbonyl (C=S) groups is 1. The van der Waals surface area contributed by atoms with Crippen molar-refractivity contribution in [3.63, 3.8) is 0 Å². The molecule has 0 aliphatic carbocycles. The summed E-state index contributed by atoms with van der Waals surface area (Å²) in [5.74, 6) is -0.841. The van der Waals surface area contributed by atoms with Crippen molar-refractivity contribution in [2.24, 2.45) is 0 Å². The molecule has 3 N–H and O–H groups in total. The van der Waals surface area contributed by atoms with Gasteiger partial charge >= 0.3 is 5.97 Å². The summed E-state index contributed by atoms with van der Waals surface area (Å²) in [6.45, 7) is 0. The third-order valence-corrected chi connectivity index (χ3v) is 4.53. The van der Waals surface area contributed by atoms with E-state index in [9.17, 15) is 9.59 Å². The van der Waals surface area contributed by atoms with Gasteiger partial charge in [0.25, 0.3) is 0 Å². The molecule has 0 radical (unpaired) electrons. The standard InChI is InChI=1S/C18H14Br2N2O4S/c1-26-16-11(8-12(19)9-14(16)20)4-7-15(23)22-18(27)21-13-5-2-10(3-6-13)17(24)25/h2-9H,1H3,(H,24,25)(H2,21,22,23,27)/b7-4+. The molecule has 0 saturated heterocycles. The molecule has 0 heterocycles. The van der Waals surface area contributed by atoms with Crippen molar-refractivity contribution in [3.8, 4) is 5.75 Å². The highest BCUT2D eigenvalue weighted by molar-refractivity contribution is 9.11. The molecule has 0 fully saturated rings.